The van der Waals surface area contributed by atoms with Crippen LogP contribution in [0.15, 0.2) is 54.6 Å². The molecular weight excluding hydrogens is 332 g/mol. The highest BCUT2D eigenvalue weighted by atomic mass is 35.5. The van der Waals surface area contributed by atoms with Crippen LogP contribution in [-0.4, -0.2) is 11.0 Å². The standard InChI is InChI=1S/C17H13ClN2O2S/c18-12-8-6-11(7-9-12)16-14(10-15(21)22)23-17(20-16)19-13-4-2-1-3-5-13/h1-9H,10H2,(H,19,20)(H,21,22)/p-1. The van der Waals surface area contributed by atoms with Crippen LogP contribution >= 0.6 is 22.9 Å². The summed E-state index contributed by atoms with van der Waals surface area (Å²) in [6.07, 6.45) is -0.175. The van der Waals surface area contributed by atoms with E-state index in [1.54, 1.807) is 12.1 Å². The van der Waals surface area contributed by atoms with Crippen molar-refractivity contribution in [2.24, 2.45) is 0 Å². The SMILES string of the molecule is O=C([O-])Cc1sc(Nc2ccccc2)nc1-c1ccc(Cl)cc1. The molecule has 1 N–H and O–H groups in total. The van der Waals surface area contributed by atoms with Gasteiger partial charge in [0.15, 0.2) is 5.13 Å². The number of carboxylic acid groups (broad SMARTS) is 1. The van der Waals surface area contributed by atoms with Gasteiger partial charge in [-0.25, -0.2) is 4.98 Å². The van der Waals surface area contributed by atoms with Crippen LogP contribution in [-0.2, 0) is 11.2 Å². The lowest BCUT2D eigenvalue weighted by atomic mass is 10.1. The number of nitrogens with zero attached hydrogens (tertiary/aromatic N) is 1. The van der Waals surface area contributed by atoms with Gasteiger partial charge in [0.05, 0.1) is 5.69 Å². The number of anilines is 2. The molecule has 2 aromatic carbocycles. The molecule has 3 rings (SSSR count). The van der Waals surface area contributed by atoms with E-state index in [9.17, 15) is 9.90 Å². The molecular formula is C17H12ClN2O2S-. The Kier molecular flexibility index (Phi) is 4.60. The Morgan fingerprint density at radius 1 is 1.13 bits per heavy atom. The molecule has 0 radical (unpaired) electrons. The average molecular weight is 344 g/mol. The van der Waals surface area contributed by atoms with Crippen molar-refractivity contribution in [2.75, 3.05) is 5.32 Å². The molecule has 0 amide bonds. The normalized spacial score (nSPS) is 10.5. The molecule has 0 fully saturated rings. The number of rotatable bonds is 5. The Morgan fingerprint density at radius 2 is 1.83 bits per heavy atom. The molecule has 0 saturated carbocycles. The van der Waals surface area contributed by atoms with E-state index in [0.29, 0.717) is 20.7 Å². The first-order valence-electron chi connectivity index (χ1n) is 6.89. The van der Waals surface area contributed by atoms with Crippen molar-refractivity contribution >= 4 is 39.7 Å². The third kappa shape index (κ3) is 3.88. The minimum Gasteiger partial charge on any atom is -0.550 e. The van der Waals surface area contributed by atoms with Crippen molar-refractivity contribution in [3.8, 4) is 11.3 Å². The van der Waals surface area contributed by atoms with Crippen molar-refractivity contribution in [1.82, 2.24) is 4.98 Å². The number of carboxylic acids is 1. The van der Waals surface area contributed by atoms with Crippen LogP contribution in [0.2, 0.25) is 5.02 Å². The van der Waals surface area contributed by atoms with E-state index in [1.165, 1.54) is 11.3 Å². The summed E-state index contributed by atoms with van der Waals surface area (Å²) in [6, 6.07) is 16.7. The summed E-state index contributed by atoms with van der Waals surface area (Å²) in [5, 5.41) is 15.4. The van der Waals surface area contributed by atoms with Crippen LogP contribution in [0.1, 0.15) is 4.88 Å². The third-order valence-electron chi connectivity index (χ3n) is 3.14. The average Bonchev–Trinajstić information content (AvgIpc) is 2.90. The number of benzene rings is 2. The molecule has 23 heavy (non-hydrogen) atoms. The van der Waals surface area contributed by atoms with Crippen LogP contribution in [0.4, 0.5) is 10.8 Å². The van der Waals surface area contributed by atoms with Gasteiger partial charge in [-0.3, -0.25) is 0 Å². The number of aromatic nitrogens is 1. The zero-order valence-electron chi connectivity index (χ0n) is 12.0. The van der Waals surface area contributed by atoms with E-state index in [2.05, 4.69) is 10.3 Å². The van der Waals surface area contributed by atoms with E-state index in [4.69, 9.17) is 11.6 Å². The lowest BCUT2D eigenvalue weighted by Gasteiger charge is -2.03. The first-order chi connectivity index (χ1) is 11.1. The molecule has 116 valence electrons. The molecule has 4 nitrogen and oxygen atoms in total. The van der Waals surface area contributed by atoms with Gasteiger partial charge in [0.25, 0.3) is 0 Å². The number of carbonyl (C=O) groups is 1. The fourth-order valence-corrected chi connectivity index (χ4v) is 3.25. The number of hydrogen-bond donors (Lipinski definition) is 1. The minimum absolute atomic E-state index is 0.175. The second-order valence-electron chi connectivity index (χ2n) is 4.84. The summed E-state index contributed by atoms with van der Waals surface area (Å²) >= 11 is 7.21. The van der Waals surface area contributed by atoms with Crippen molar-refractivity contribution in [2.45, 2.75) is 6.42 Å². The zero-order valence-corrected chi connectivity index (χ0v) is 13.5. The van der Waals surface area contributed by atoms with Gasteiger partial charge in [0, 0.05) is 33.5 Å². The van der Waals surface area contributed by atoms with Gasteiger partial charge in [-0.15, -0.1) is 11.3 Å². The van der Waals surface area contributed by atoms with Gasteiger partial charge in [-0.1, -0.05) is 41.9 Å². The lowest BCUT2D eigenvalue weighted by molar-refractivity contribution is -0.304. The predicted molar refractivity (Wildman–Crippen MR) is 91.0 cm³/mol. The maximum atomic E-state index is 11.0. The van der Waals surface area contributed by atoms with E-state index in [-0.39, 0.29) is 6.42 Å². The summed E-state index contributed by atoms with van der Waals surface area (Å²) < 4.78 is 0. The van der Waals surface area contributed by atoms with E-state index < -0.39 is 5.97 Å². The van der Waals surface area contributed by atoms with Gasteiger partial charge in [0.1, 0.15) is 0 Å². The number of para-hydroxylation sites is 1. The first kappa shape index (κ1) is 15.5. The fraction of sp³-hybridized carbons (Fsp3) is 0.0588. The van der Waals surface area contributed by atoms with Crippen molar-refractivity contribution < 1.29 is 9.90 Å². The largest absolute Gasteiger partial charge is 0.550 e. The number of nitrogens with one attached hydrogen (secondary N) is 1. The summed E-state index contributed by atoms with van der Waals surface area (Å²) in [6.45, 7) is 0. The molecule has 0 aliphatic carbocycles. The molecule has 6 heteroatoms. The van der Waals surface area contributed by atoms with Crippen LogP contribution in [0.3, 0.4) is 0 Å². The maximum absolute atomic E-state index is 11.0. The second-order valence-corrected chi connectivity index (χ2v) is 6.36. The number of thiazole rings is 1. The molecule has 0 aliphatic rings. The van der Waals surface area contributed by atoms with Crippen LogP contribution in [0.5, 0.6) is 0 Å². The number of hydrogen-bond acceptors (Lipinski definition) is 5. The summed E-state index contributed by atoms with van der Waals surface area (Å²) in [5.41, 5.74) is 2.35. The highest BCUT2D eigenvalue weighted by Crippen LogP contribution is 2.33. The maximum Gasteiger partial charge on any atom is 0.187 e. The summed E-state index contributed by atoms with van der Waals surface area (Å²) in [4.78, 5) is 16.2. The molecule has 1 aromatic heterocycles. The van der Waals surface area contributed by atoms with Crippen molar-refractivity contribution in [1.29, 1.82) is 0 Å². The summed E-state index contributed by atoms with van der Waals surface area (Å²) in [5.74, 6) is -1.13. The Balaban J connectivity index is 1.96. The topological polar surface area (TPSA) is 65.0 Å². The van der Waals surface area contributed by atoms with E-state index in [1.807, 2.05) is 42.5 Å². The smallest absolute Gasteiger partial charge is 0.187 e. The molecule has 0 spiro atoms. The predicted octanol–water partition coefficient (Wildman–Crippen LogP) is 3.50. The first-order valence-corrected chi connectivity index (χ1v) is 8.09. The van der Waals surface area contributed by atoms with Crippen molar-refractivity contribution in [3.05, 3.63) is 64.5 Å². The van der Waals surface area contributed by atoms with E-state index in [0.717, 1.165) is 11.3 Å². The molecule has 1 heterocycles. The molecule has 0 saturated heterocycles. The third-order valence-corrected chi connectivity index (χ3v) is 4.37. The quantitative estimate of drug-likeness (QED) is 0.770. The Morgan fingerprint density at radius 3 is 2.48 bits per heavy atom. The van der Waals surface area contributed by atoms with Crippen LogP contribution in [0.25, 0.3) is 11.3 Å². The second kappa shape index (κ2) is 6.81. The molecule has 3 aromatic rings. The van der Waals surface area contributed by atoms with Gasteiger partial charge in [-0.05, 0) is 24.3 Å². The number of aliphatic carboxylic acids is 1. The minimum atomic E-state index is -1.13. The molecule has 0 bridgehead atoms. The van der Waals surface area contributed by atoms with Gasteiger partial charge in [0.2, 0.25) is 0 Å². The van der Waals surface area contributed by atoms with Crippen LogP contribution < -0.4 is 10.4 Å². The Bertz CT molecular complexity index is 816. The Hall–Kier alpha value is -2.37. The molecule has 0 aliphatic heterocycles. The van der Waals surface area contributed by atoms with Gasteiger partial charge >= 0.3 is 0 Å². The van der Waals surface area contributed by atoms with E-state index >= 15 is 0 Å². The summed E-state index contributed by atoms with van der Waals surface area (Å²) in [7, 11) is 0. The van der Waals surface area contributed by atoms with Gasteiger partial charge < -0.3 is 15.2 Å². The zero-order chi connectivity index (χ0) is 16.2. The van der Waals surface area contributed by atoms with Gasteiger partial charge in [-0.2, -0.15) is 0 Å². The number of carbonyl (C=O) groups excluding carboxylic acids is 1. The fourth-order valence-electron chi connectivity index (χ4n) is 2.13. The number of halogens is 1. The highest BCUT2D eigenvalue weighted by Gasteiger charge is 2.13. The molecule has 0 unspecified atom stereocenters. The lowest BCUT2D eigenvalue weighted by Crippen LogP contribution is -2.24. The Labute approximate surface area is 142 Å². The monoisotopic (exact) mass is 343 g/mol. The molecule has 0 atom stereocenters. The van der Waals surface area contributed by atoms with Crippen molar-refractivity contribution in [3.63, 3.8) is 0 Å². The van der Waals surface area contributed by atoms with Crippen LogP contribution in [0, 0.1) is 0 Å². The highest BCUT2D eigenvalue weighted by molar-refractivity contribution is 7.16.